The third-order valence-electron chi connectivity index (χ3n) is 7.11. The Hall–Kier alpha value is -4.20. The van der Waals surface area contributed by atoms with Crippen LogP contribution in [0, 0.1) is 0 Å². The Morgan fingerprint density at radius 2 is 1.69 bits per heavy atom. The summed E-state index contributed by atoms with van der Waals surface area (Å²) in [7, 11) is 0. The van der Waals surface area contributed by atoms with Gasteiger partial charge in [0.2, 0.25) is 0 Å². The van der Waals surface area contributed by atoms with E-state index in [1.54, 1.807) is 28.3 Å². The number of carbonyl (C=O) groups excluding carboxylic acids is 3. The zero-order valence-electron chi connectivity index (χ0n) is 19.1. The number of amides is 5. The number of hydrogen-bond donors (Lipinski definition) is 1. The summed E-state index contributed by atoms with van der Waals surface area (Å²) in [6.45, 7) is 0.888. The first-order valence-electron chi connectivity index (χ1n) is 11.9. The highest BCUT2D eigenvalue weighted by Gasteiger charge is 2.56. The summed E-state index contributed by atoms with van der Waals surface area (Å²) in [5.74, 6) is -0.0160. The number of nitrogens with one attached hydrogen (secondary N) is 1. The topological polar surface area (TPSA) is 85.8 Å². The van der Waals surface area contributed by atoms with Crippen LogP contribution in [-0.2, 0) is 4.79 Å². The minimum Gasteiger partial charge on any atom is -0.320 e. The first-order chi connectivity index (χ1) is 17.1. The maximum absolute atomic E-state index is 13.3. The molecule has 2 aromatic carbocycles. The number of carbonyl (C=O) groups is 3. The number of urea groups is 2. The molecule has 6 rings (SSSR count). The standard InChI is InChI=1S/C27H25N5O3/c33-25-24-17-30(26(34)29-22-11-12-28-16-21(22)19-9-5-2-6-10-19)13-14-31(24)27(35)32(25)23-15-20(23)18-7-3-1-4-8-18/h1-12,16,20,23-24H,13-15,17H2,(H,28,29,34)/t20-,23+,24?/m1/s1. The molecule has 0 spiro atoms. The number of nitrogens with zero attached hydrogens (tertiary/aromatic N) is 4. The van der Waals surface area contributed by atoms with Gasteiger partial charge >= 0.3 is 12.1 Å². The van der Waals surface area contributed by atoms with Crippen LogP contribution in [0.25, 0.3) is 11.1 Å². The molecule has 5 amide bonds. The molecule has 3 atom stereocenters. The summed E-state index contributed by atoms with van der Waals surface area (Å²) >= 11 is 0. The van der Waals surface area contributed by atoms with Crippen LogP contribution in [0.4, 0.5) is 15.3 Å². The second-order valence-corrected chi connectivity index (χ2v) is 9.18. The lowest BCUT2D eigenvalue weighted by Gasteiger charge is -2.35. The van der Waals surface area contributed by atoms with Crippen molar-refractivity contribution in [2.45, 2.75) is 24.4 Å². The largest absolute Gasteiger partial charge is 0.327 e. The van der Waals surface area contributed by atoms with Crippen molar-refractivity contribution in [2.24, 2.45) is 0 Å². The van der Waals surface area contributed by atoms with Crippen molar-refractivity contribution in [2.75, 3.05) is 25.0 Å². The average molecular weight is 468 g/mol. The van der Waals surface area contributed by atoms with E-state index < -0.39 is 6.04 Å². The number of pyridine rings is 1. The number of hydrogen-bond acceptors (Lipinski definition) is 4. The fourth-order valence-electron chi connectivity index (χ4n) is 5.18. The van der Waals surface area contributed by atoms with E-state index in [0.29, 0.717) is 18.8 Å². The highest BCUT2D eigenvalue weighted by atomic mass is 16.2. The summed E-state index contributed by atoms with van der Waals surface area (Å²) in [6, 6.07) is 20.2. The Kier molecular flexibility index (Phi) is 5.21. The van der Waals surface area contributed by atoms with Crippen LogP contribution in [0.2, 0.25) is 0 Å². The van der Waals surface area contributed by atoms with Crippen molar-refractivity contribution in [3.05, 3.63) is 84.7 Å². The molecule has 8 nitrogen and oxygen atoms in total. The summed E-state index contributed by atoms with van der Waals surface area (Å²) in [6.07, 6.45) is 4.14. The zero-order valence-corrected chi connectivity index (χ0v) is 19.1. The van der Waals surface area contributed by atoms with Gasteiger partial charge in [-0.3, -0.25) is 14.7 Å². The number of aromatic nitrogens is 1. The van der Waals surface area contributed by atoms with Crippen LogP contribution in [0.3, 0.4) is 0 Å². The lowest BCUT2D eigenvalue weighted by atomic mass is 10.1. The molecule has 1 N–H and O–H groups in total. The van der Waals surface area contributed by atoms with Gasteiger partial charge in [0.15, 0.2) is 0 Å². The predicted octanol–water partition coefficient (Wildman–Crippen LogP) is 3.79. The minimum absolute atomic E-state index is 0.101. The number of rotatable bonds is 4. The monoisotopic (exact) mass is 467 g/mol. The highest BCUT2D eigenvalue weighted by Crippen LogP contribution is 2.46. The van der Waals surface area contributed by atoms with Crippen LogP contribution in [-0.4, -0.2) is 69.4 Å². The van der Waals surface area contributed by atoms with E-state index in [1.807, 2.05) is 60.7 Å². The van der Waals surface area contributed by atoms with Gasteiger partial charge in [-0.1, -0.05) is 60.7 Å². The van der Waals surface area contributed by atoms with Crippen LogP contribution in [0.1, 0.15) is 17.9 Å². The molecule has 1 aliphatic carbocycles. The smallest absolute Gasteiger partial charge is 0.320 e. The quantitative estimate of drug-likeness (QED) is 0.592. The van der Waals surface area contributed by atoms with Crippen molar-refractivity contribution in [3.8, 4) is 11.1 Å². The van der Waals surface area contributed by atoms with Crippen LogP contribution in [0.5, 0.6) is 0 Å². The molecule has 3 aromatic rings. The molecule has 1 saturated carbocycles. The van der Waals surface area contributed by atoms with Gasteiger partial charge in [-0.2, -0.15) is 0 Å². The maximum Gasteiger partial charge on any atom is 0.327 e. The SMILES string of the molecule is O=C(Nc1ccncc1-c1ccccc1)N1CCN2C(=O)N([C@H]3C[C@@H]3c3ccccc3)C(=O)C2C1. The number of anilines is 1. The van der Waals surface area contributed by atoms with Crippen molar-refractivity contribution >= 4 is 23.7 Å². The maximum atomic E-state index is 13.3. The normalized spacial score (nSPS) is 23.3. The van der Waals surface area contributed by atoms with Crippen molar-refractivity contribution in [3.63, 3.8) is 0 Å². The Morgan fingerprint density at radius 3 is 2.46 bits per heavy atom. The van der Waals surface area contributed by atoms with Crippen molar-refractivity contribution in [1.29, 1.82) is 0 Å². The molecule has 1 aromatic heterocycles. The van der Waals surface area contributed by atoms with E-state index in [-0.39, 0.29) is 36.5 Å². The molecule has 1 unspecified atom stereocenters. The number of fused-ring (bicyclic) bond motifs is 1. The van der Waals surface area contributed by atoms with Gasteiger partial charge in [0, 0.05) is 43.0 Å². The Bertz CT molecular complexity index is 1280. The fourth-order valence-corrected chi connectivity index (χ4v) is 5.18. The molecule has 35 heavy (non-hydrogen) atoms. The van der Waals surface area contributed by atoms with E-state index in [0.717, 1.165) is 23.1 Å². The molecular weight excluding hydrogens is 442 g/mol. The van der Waals surface area contributed by atoms with Crippen LogP contribution in [0.15, 0.2) is 79.1 Å². The first-order valence-corrected chi connectivity index (χ1v) is 11.9. The predicted molar refractivity (Wildman–Crippen MR) is 131 cm³/mol. The molecule has 3 aliphatic rings. The molecular formula is C27H25N5O3. The Labute approximate surface area is 203 Å². The van der Waals surface area contributed by atoms with E-state index >= 15 is 0 Å². The van der Waals surface area contributed by atoms with Gasteiger partial charge in [-0.05, 0) is 23.6 Å². The Morgan fingerprint density at radius 1 is 0.943 bits per heavy atom. The molecule has 8 heteroatoms. The van der Waals surface area contributed by atoms with Gasteiger partial charge in [0.25, 0.3) is 5.91 Å². The second kappa shape index (κ2) is 8.54. The molecule has 2 saturated heterocycles. The molecule has 2 aliphatic heterocycles. The van der Waals surface area contributed by atoms with Crippen LogP contribution < -0.4 is 5.32 Å². The van der Waals surface area contributed by atoms with Crippen LogP contribution >= 0.6 is 0 Å². The van der Waals surface area contributed by atoms with E-state index in [1.165, 1.54) is 4.90 Å². The van der Waals surface area contributed by atoms with Gasteiger partial charge < -0.3 is 15.1 Å². The van der Waals surface area contributed by atoms with E-state index in [9.17, 15) is 14.4 Å². The second-order valence-electron chi connectivity index (χ2n) is 9.18. The van der Waals surface area contributed by atoms with E-state index in [2.05, 4.69) is 10.3 Å². The number of piperazine rings is 1. The van der Waals surface area contributed by atoms with Gasteiger partial charge in [-0.25, -0.2) is 9.59 Å². The van der Waals surface area contributed by atoms with Gasteiger partial charge in [0.1, 0.15) is 6.04 Å². The fraction of sp³-hybridized carbons (Fsp3) is 0.259. The average Bonchev–Trinajstić information content (AvgIpc) is 3.65. The molecule has 0 bridgehead atoms. The minimum atomic E-state index is -0.634. The summed E-state index contributed by atoms with van der Waals surface area (Å²) < 4.78 is 0. The van der Waals surface area contributed by atoms with Crippen molar-refractivity contribution < 1.29 is 14.4 Å². The number of imide groups is 1. The third kappa shape index (κ3) is 3.80. The molecule has 0 radical (unpaired) electrons. The lowest BCUT2D eigenvalue weighted by molar-refractivity contribution is -0.129. The summed E-state index contributed by atoms with van der Waals surface area (Å²) in [5.41, 5.74) is 3.57. The molecule has 3 heterocycles. The van der Waals surface area contributed by atoms with E-state index in [4.69, 9.17) is 0 Å². The van der Waals surface area contributed by atoms with Gasteiger partial charge in [-0.15, -0.1) is 0 Å². The first kappa shape index (κ1) is 21.3. The number of benzene rings is 2. The molecule has 176 valence electrons. The Balaban J connectivity index is 1.15. The van der Waals surface area contributed by atoms with Crippen molar-refractivity contribution in [1.82, 2.24) is 19.7 Å². The third-order valence-corrected chi connectivity index (χ3v) is 7.11. The summed E-state index contributed by atoms with van der Waals surface area (Å²) in [5, 5.41) is 2.98. The lowest BCUT2D eigenvalue weighted by Crippen LogP contribution is -2.55. The zero-order chi connectivity index (χ0) is 23.9. The highest BCUT2D eigenvalue weighted by molar-refractivity contribution is 6.06. The van der Waals surface area contributed by atoms with Gasteiger partial charge in [0.05, 0.1) is 12.2 Å². The molecule has 3 fully saturated rings. The summed E-state index contributed by atoms with van der Waals surface area (Å²) in [4.78, 5) is 48.4.